The molecule has 0 aliphatic rings. The van der Waals surface area contributed by atoms with Gasteiger partial charge >= 0.3 is 0 Å². The average molecular weight is 203 g/mol. The Morgan fingerprint density at radius 2 is 2.07 bits per heavy atom. The lowest BCUT2D eigenvalue weighted by Crippen LogP contribution is -1.94. The zero-order valence-electron chi connectivity index (χ0n) is 9.11. The van der Waals surface area contributed by atoms with Crippen molar-refractivity contribution in [1.82, 2.24) is 4.57 Å². The van der Waals surface area contributed by atoms with Crippen molar-refractivity contribution in [3.63, 3.8) is 0 Å². The van der Waals surface area contributed by atoms with Crippen LogP contribution in [0.3, 0.4) is 0 Å². The number of aryl methyl sites for hydroxylation is 1. The molecule has 2 nitrogen and oxygen atoms in total. The van der Waals surface area contributed by atoms with Crippen LogP contribution in [-0.2, 0) is 13.2 Å². The molecule has 0 aliphatic heterocycles. The third-order valence-corrected chi connectivity index (χ3v) is 2.79. The summed E-state index contributed by atoms with van der Waals surface area (Å²) in [4.78, 5) is 0. The Hall–Kier alpha value is -1.28. The van der Waals surface area contributed by atoms with E-state index in [-0.39, 0.29) is 6.61 Å². The summed E-state index contributed by atoms with van der Waals surface area (Å²) in [6.45, 7) is 3.36. The first kappa shape index (κ1) is 10.2. The smallest absolute Gasteiger partial charge is 0.0702 e. The predicted octanol–water partition coefficient (Wildman–Crippen LogP) is 2.93. The van der Waals surface area contributed by atoms with Gasteiger partial charge in [0.05, 0.1) is 6.61 Å². The van der Waals surface area contributed by atoms with Crippen molar-refractivity contribution in [2.75, 3.05) is 0 Å². The highest BCUT2D eigenvalue weighted by Gasteiger charge is 2.05. The van der Waals surface area contributed by atoms with E-state index in [0.717, 1.165) is 12.1 Å². The van der Waals surface area contributed by atoms with E-state index >= 15 is 0 Å². The zero-order valence-corrected chi connectivity index (χ0v) is 9.11. The van der Waals surface area contributed by atoms with Crippen molar-refractivity contribution >= 4 is 10.9 Å². The maximum absolute atomic E-state index is 9.26. The maximum atomic E-state index is 9.26. The summed E-state index contributed by atoms with van der Waals surface area (Å²) in [7, 11) is 0. The molecule has 2 aromatic rings. The Morgan fingerprint density at radius 3 is 2.80 bits per heavy atom. The minimum atomic E-state index is 0.125. The van der Waals surface area contributed by atoms with E-state index in [0.29, 0.717) is 0 Å². The van der Waals surface area contributed by atoms with Gasteiger partial charge in [-0.15, -0.1) is 0 Å². The summed E-state index contributed by atoms with van der Waals surface area (Å²) in [6.07, 6.45) is 4.45. The largest absolute Gasteiger partial charge is 0.392 e. The van der Waals surface area contributed by atoms with Crippen LogP contribution in [0, 0.1) is 0 Å². The van der Waals surface area contributed by atoms with E-state index in [4.69, 9.17) is 0 Å². The van der Waals surface area contributed by atoms with E-state index < -0.39 is 0 Å². The van der Waals surface area contributed by atoms with E-state index in [2.05, 4.69) is 29.8 Å². The normalized spacial score (nSPS) is 11.1. The summed E-state index contributed by atoms with van der Waals surface area (Å²) < 4.78 is 2.24. The van der Waals surface area contributed by atoms with Crippen LogP contribution < -0.4 is 0 Å². The molecular formula is C13H17NO. The molecule has 0 radical (unpaired) electrons. The molecule has 0 fully saturated rings. The molecule has 2 rings (SSSR count). The molecule has 1 aromatic carbocycles. The van der Waals surface area contributed by atoms with Gasteiger partial charge in [0, 0.05) is 29.2 Å². The fourth-order valence-electron chi connectivity index (χ4n) is 1.96. The fourth-order valence-corrected chi connectivity index (χ4v) is 1.96. The number of hydrogen-bond donors (Lipinski definition) is 1. The Labute approximate surface area is 90.2 Å². The highest BCUT2D eigenvalue weighted by molar-refractivity contribution is 5.83. The molecule has 0 saturated heterocycles. The van der Waals surface area contributed by atoms with Gasteiger partial charge in [-0.25, -0.2) is 0 Å². The molecule has 15 heavy (non-hydrogen) atoms. The van der Waals surface area contributed by atoms with Crippen molar-refractivity contribution in [3.8, 4) is 0 Å². The standard InChI is InChI=1S/C13H17NO/c1-2-3-8-14-9-11(10-15)12-6-4-5-7-13(12)14/h4-7,9,15H,2-3,8,10H2,1H3. The number of fused-ring (bicyclic) bond motifs is 1. The van der Waals surface area contributed by atoms with Crippen LogP contribution in [0.5, 0.6) is 0 Å². The fraction of sp³-hybridized carbons (Fsp3) is 0.385. The number of aromatic nitrogens is 1. The summed E-state index contributed by atoms with van der Waals surface area (Å²) in [5, 5.41) is 10.4. The Balaban J connectivity index is 2.45. The summed E-state index contributed by atoms with van der Waals surface area (Å²) >= 11 is 0. The third kappa shape index (κ3) is 1.90. The number of rotatable bonds is 4. The second-order valence-electron chi connectivity index (χ2n) is 3.88. The van der Waals surface area contributed by atoms with Crippen LogP contribution in [0.1, 0.15) is 25.3 Å². The van der Waals surface area contributed by atoms with E-state index in [1.807, 2.05) is 12.1 Å². The van der Waals surface area contributed by atoms with Gasteiger partial charge in [0.15, 0.2) is 0 Å². The van der Waals surface area contributed by atoms with Crippen molar-refractivity contribution in [1.29, 1.82) is 0 Å². The molecule has 2 heteroatoms. The molecular weight excluding hydrogens is 186 g/mol. The molecule has 1 N–H and O–H groups in total. The van der Waals surface area contributed by atoms with Gasteiger partial charge in [-0.05, 0) is 12.5 Å². The second kappa shape index (κ2) is 4.49. The zero-order chi connectivity index (χ0) is 10.7. The van der Waals surface area contributed by atoms with Gasteiger partial charge in [0.25, 0.3) is 0 Å². The molecule has 1 heterocycles. The molecule has 0 aliphatic carbocycles. The summed E-state index contributed by atoms with van der Waals surface area (Å²) in [5.74, 6) is 0. The van der Waals surface area contributed by atoms with Gasteiger partial charge in [0.1, 0.15) is 0 Å². The van der Waals surface area contributed by atoms with E-state index in [1.165, 1.54) is 23.7 Å². The van der Waals surface area contributed by atoms with E-state index in [1.54, 1.807) is 0 Å². The lowest BCUT2D eigenvalue weighted by Gasteiger charge is -2.02. The van der Waals surface area contributed by atoms with Gasteiger partial charge in [-0.2, -0.15) is 0 Å². The number of aliphatic hydroxyl groups excluding tert-OH is 1. The minimum absolute atomic E-state index is 0.125. The second-order valence-corrected chi connectivity index (χ2v) is 3.88. The van der Waals surface area contributed by atoms with Crippen molar-refractivity contribution in [2.45, 2.75) is 32.9 Å². The quantitative estimate of drug-likeness (QED) is 0.812. The van der Waals surface area contributed by atoms with Gasteiger partial charge in [-0.3, -0.25) is 0 Å². The number of unbranched alkanes of at least 4 members (excludes halogenated alkanes) is 1. The number of benzene rings is 1. The van der Waals surface area contributed by atoms with Gasteiger partial charge < -0.3 is 9.67 Å². The highest BCUT2D eigenvalue weighted by Crippen LogP contribution is 2.21. The number of hydrogen-bond acceptors (Lipinski definition) is 1. The maximum Gasteiger partial charge on any atom is 0.0702 e. The molecule has 0 amide bonds. The molecule has 80 valence electrons. The molecule has 1 aromatic heterocycles. The number of aliphatic hydroxyl groups is 1. The Morgan fingerprint density at radius 1 is 1.27 bits per heavy atom. The van der Waals surface area contributed by atoms with Crippen molar-refractivity contribution < 1.29 is 5.11 Å². The van der Waals surface area contributed by atoms with Gasteiger partial charge in [-0.1, -0.05) is 31.5 Å². The number of para-hydroxylation sites is 1. The van der Waals surface area contributed by atoms with Crippen LogP contribution in [0.25, 0.3) is 10.9 Å². The molecule has 0 unspecified atom stereocenters. The Bertz CT molecular complexity index is 445. The minimum Gasteiger partial charge on any atom is -0.392 e. The average Bonchev–Trinajstić information content (AvgIpc) is 2.65. The topological polar surface area (TPSA) is 25.2 Å². The lowest BCUT2D eigenvalue weighted by molar-refractivity contribution is 0.283. The summed E-state index contributed by atoms with van der Waals surface area (Å²) in [6, 6.07) is 8.26. The highest BCUT2D eigenvalue weighted by atomic mass is 16.3. The monoisotopic (exact) mass is 203 g/mol. The van der Waals surface area contributed by atoms with Gasteiger partial charge in [0.2, 0.25) is 0 Å². The van der Waals surface area contributed by atoms with Crippen molar-refractivity contribution in [2.24, 2.45) is 0 Å². The van der Waals surface area contributed by atoms with Crippen LogP contribution in [0.4, 0.5) is 0 Å². The first-order chi connectivity index (χ1) is 7.36. The lowest BCUT2D eigenvalue weighted by atomic mass is 10.2. The SMILES string of the molecule is CCCCn1cc(CO)c2ccccc21. The van der Waals surface area contributed by atoms with E-state index in [9.17, 15) is 5.11 Å². The summed E-state index contributed by atoms with van der Waals surface area (Å²) in [5.41, 5.74) is 2.26. The first-order valence-electron chi connectivity index (χ1n) is 5.54. The van der Waals surface area contributed by atoms with Crippen LogP contribution in [-0.4, -0.2) is 9.67 Å². The predicted molar refractivity (Wildman–Crippen MR) is 62.8 cm³/mol. The van der Waals surface area contributed by atoms with Crippen LogP contribution >= 0.6 is 0 Å². The molecule has 0 spiro atoms. The molecule has 0 atom stereocenters. The number of nitrogens with zero attached hydrogens (tertiary/aromatic N) is 1. The first-order valence-corrected chi connectivity index (χ1v) is 5.54. The van der Waals surface area contributed by atoms with Crippen LogP contribution in [0.15, 0.2) is 30.5 Å². The molecule has 0 saturated carbocycles. The van der Waals surface area contributed by atoms with Crippen LogP contribution in [0.2, 0.25) is 0 Å². The Kier molecular flexibility index (Phi) is 3.07. The third-order valence-electron chi connectivity index (χ3n) is 2.79. The molecule has 0 bridgehead atoms. The van der Waals surface area contributed by atoms with Crippen molar-refractivity contribution in [3.05, 3.63) is 36.0 Å².